The highest BCUT2D eigenvalue weighted by Gasteiger charge is 2.11. The lowest BCUT2D eigenvalue weighted by Crippen LogP contribution is -1.95. The Hall–Kier alpha value is -1.90. The molecule has 0 N–H and O–H groups in total. The molecule has 1 aromatic heterocycles. The molecule has 21 heavy (non-hydrogen) atoms. The Morgan fingerprint density at radius 3 is 1.71 bits per heavy atom. The summed E-state index contributed by atoms with van der Waals surface area (Å²) in [5.41, 5.74) is 4.52. The second-order valence-corrected chi connectivity index (χ2v) is 5.60. The van der Waals surface area contributed by atoms with Crippen molar-refractivity contribution in [1.29, 1.82) is 0 Å². The maximum absolute atomic E-state index is 5.95. The summed E-state index contributed by atoms with van der Waals surface area (Å²) < 4.78 is 0. The van der Waals surface area contributed by atoms with Gasteiger partial charge in [-0.1, -0.05) is 47.5 Å². The molecular weight excluding hydrogens is 303 g/mol. The number of hydrogen-bond acceptors (Lipinski definition) is 2. The van der Waals surface area contributed by atoms with Crippen LogP contribution in [0.5, 0.6) is 0 Å². The average Bonchev–Trinajstić information content (AvgIpc) is 2.49. The van der Waals surface area contributed by atoms with Crippen LogP contribution >= 0.6 is 23.2 Å². The molecule has 0 aliphatic heterocycles. The second kappa shape index (κ2) is 5.84. The van der Waals surface area contributed by atoms with E-state index in [1.54, 1.807) is 6.20 Å². The van der Waals surface area contributed by atoms with Crippen LogP contribution in [0.2, 0.25) is 10.0 Å². The molecule has 4 heteroatoms. The fraction of sp³-hybridized carbons (Fsp3) is 0.0588. The van der Waals surface area contributed by atoms with Gasteiger partial charge in [0.15, 0.2) is 0 Å². The zero-order chi connectivity index (χ0) is 14.8. The predicted octanol–water partition coefficient (Wildman–Crippen LogP) is 5.43. The van der Waals surface area contributed by atoms with Gasteiger partial charge in [-0.25, -0.2) is 4.98 Å². The molecule has 104 valence electrons. The van der Waals surface area contributed by atoms with Gasteiger partial charge < -0.3 is 0 Å². The molecule has 3 aromatic rings. The third-order valence-corrected chi connectivity index (χ3v) is 3.63. The van der Waals surface area contributed by atoms with Crippen LogP contribution in [0.25, 0.3) is 22.5 Å². The van der Waals surface area contributed by atoms with Crippen molar-refractivity contribution in [2.75, 3.05) is 0 Å². The predicted molar refractivity (Wildman–Crippen MR) is 87.7 cm³/mol. The van der Waals surface area contributed by atoms with Crippen LogP contribution in [0, 0.1) is 6.92 Å². The molecule has 2 aromatic carbocycles. The van der Waals surface area contributed by atoms with Crippen LogP contribution in [0.4, 0.5) is 0 Å². The van der Waals surface area contributed by atoms with Gasteiger partial charge in [0, 0.05) is 27.4 Å². The first-order valence-electron chi connectivity index (χ1n) is 6.49. The van der Waals surface area contributed by atoms with E-state index < -0.39 is 0 Å². The first-order chi connectivity index (χ1) is 10.1. The van der Waals surface area contributed by atoms with Crippen molar-refractivity contribution < 1.29 is 0 Å². The lowest BCUT2D eigenvalue weighted by atomic mass is 10.0. The molecule has 0 saturated carbocycles. The zero-order valence-electron chi connectivity index (χ0n) is 11.3. The van der Waals surface area contributed by atoms with E-state index >= 15 is 0 Å². The van der Waals surface area contributed by atoms with Crippen molar-refractivity contribution in [2.45, 2.75) is 6.92 Å². The number of aromatic nitrogens is 2. The van der Waals surface area contributed by atoms with E-state index in [1.807, 2.05) is 55.5 Å². The van der Waals surface area contributed by atoms with Gasteiger partial charge >= 0.3 is 0 Å². The summed E-state index contributed by atoms with van der Waals surface area (Å²) in [6.45, 7) is 1.93. The largest absolute Gasteiger partial charge is 0.252 e. The maximum atomic E-state index is 5.95. The molecule has 0 aliphatic rings. The number of rotatable bonds is 2. The zero-order valence-corrected chi connectivity index (χ0v) is 12.9. The Kier molecular flexibility index (Phi) is 3.91. The van der Waals surface area contributed by atoms with Crippen molar-refractivity contribution in [3.05, 3.63) is 70.5 Å². The Balaban J connectivity index is 2.17. The van der Waals surface area contributed by atoms with E-state index in [-0.39, 0.29) is 0 Å². The summed E-state index contributed by atoms with van der Waals surface area (Å²) in [6.07, 6.45) is 1.77. The summed E-state index contributed by atoms with van der Waals surface area (Å²) in [5, 5.41) is 1.40. The maximum Gasteiger partial charge on any atom is 0.0968 e. The molecule has 0 saturated heterocycles. The van der Waals surface area contributed by atoms with E-state index in [0.717, 1.165) is 28.2 Å². The number of nitrogens with zero attached hydrogens (tertiary/aromatic N) is 2. The van der Waals surface area contributed by atoms with Crippen LogP contribution in [0.3, 0.4) is 0 Å². The van der Waals surface area contributed by atoms with E-state index in [4.69, 9.17) is 23.2 Å². The van der Waals surface area contributed by atoms with Crippen molar-refractivity contribution in [1.82, 2.24) is 9.97 Å². The highest BCUT2D eigenvalue weighted by atomic mass is 35.5. The van der Waals surface area contributed by atoms with Crippen LogP contribution in [0.15, 0.2) is 54.7 Å². The summed E-state index contributed by atoms with van der Waals surface area (Å²) in [4.78, 5) is 9.17. The lowest BCUT2D eigenvalue weighted by molar-refractivity contribution is 1.13. The highest BCUT2D eigenvalue weighted by molar-refractivity contribution is 6.31. The quantitative estimate of drug-likeness (QED) is 0.630. The molecule has 0 spiro atoms. The number of hydrogen-bond donors (Lipinski definition) is 0. The van der Waals surface area contributed by atoms with E-state index in [9.17, 15) is 0 Å². The van der Waals surface area contributed by atoms with Crippen LogP contribution in [-0.4, -0.2) is 9.97 Å². The molecule has 0 bridgehead atoms. The minimum Gasteiger partial charge on any atom is -0.252 e. The SMILES string of the molecule is Cc1cnc(-c2ccc(Cl)cc2)c(-c2ccc(Cl)cc2)n1. The lowest BCUT2D eigenvalue weighted by Gasteiger charge is -2.09. The van der Waals surface area contributed by atoms with Crippen LogP contribution in [-0.2, 0) is 0 Å². The molecule has 1 heterocycles. The summed E-state index contributed by atoms with van der Waals surface area (Å²) in [7, 11) is 0. The molecule has 0 unspecified atom stereocenters. The summed E-state index contributed by atoms with van der Waals surface area (Å²) in [5.74, 6) is 0. The third kappa shape index (κ3) is 3.07. The van der Waals surface area contributed by atoms with Gasteiger partial charge in [-0.15, -0.1) is 0 Å². The Morgan fingerprint density at radius 2 is 1.19 bits per heavy atom. The minimum atomic E-state index is 0.701. The van der Waals surface area contributed by atoms with Gasteiger partial charge in [0.25, 0.3) is 0 Å². The van der Waals surface area contributed by atoms with Gasteiger partial charge in [-0.2, -0.15) is 0 Å². The molecule has 2 nitrogen and oxygen atoms in total. The molecular formula is C17H12Cl2N2. The van der Waals surface area contributed by atoms with Crippen molar-refractivity contribution in [3.8, 4) is 22.5 Å². The highest BCUT2D eigenvalue weighted by Crippen LogP contribution is 2.30. The smallest absolute Gasteiger partial charge is 0.0968 e. The topological polar surface area (TPSA) is 25.8 Å². The van der Waals surface area contributed by atoms with E-state index in [0.29, 0.717) is 10.0 Å². The van der Waals surface area contributed by atoms with Crippen molar-refractivity contribution in [2.24, 2.45) is 0 Å². The molecule has 0 radical (unpaired) electrons. The Morgan fingerprint density at radius 1 is 0.714 bits per heavy atom. The van der Waals surface area contributed by atoms with E-state index in [2.05, 4.69) is 9.97 Å². The average molecular weight is 315 g/mol. The minimum absolute atomic E-state index is 0.701. The number of halogens is 2. The molecule has 0 atom stereocenters. The standard InChI is InChI=1S/C17H12Cl2N2/c1-11-10-20-16(12-2-6-14(18)7-3-12)17(21-11)13-4-8-15(19)9-5-13/h2-10H,1H3. The second-order valence-electron chi connectivity index (χ2n) is 4.72. The van der Waals surface area contributed by atoms with Gasteiger partial charge in [0.1, 0.15) is 0 Å². The fourth-order valence-electron chi connectivity index (χ4n) is 2.11. The number of benzene rings is 2. The van der Waals surface area contributed by atoms with Gasteiger partial charge in [-0.05, 0) is 31.2 Å². The molecule has 0 aliphatic carbocycles. The van der Waals surface area contributed by atoms with Crippen molar-refractivity contribution >= 4 is 23.2 Å². The van der Waals surface area contributed by atoms with Gasteiger partial charge in [-0.3, -0.25) is 4.98 Å². The van der Waals surface area contributed by atoms with Gasteiger partial charge in [0.05, 0.1) is 17.1 Å². The summed E-state index contributed by atoms with van der Waals surface area (Å²) >= 11 is 11.9. The molecule has 0 fully saturated rings. The van der Waals surface area contributed by atoms with Crippen LogP contribution in [0.1, 0.15) is 5.69 Å². The fourth-order valence-corrected chi connectivity index (χ4v) is 2.36. The first kappa shape index (κ1) is 14.1. The normalized spacial score (nSPS) is 10.6. The van der Waals surface area contributed by atoms with Crippen molar-refractivity contribution in [3.63, 3.8) is 0 Å². The van der Waals surface area contributed by atoms with E-state index in [1.165, 1.54) is 0 Å². The Labute approximate surface area is 133 Å². The van der Waals surface area contributed by atoms with Gasteiger partial charge in [0.2, 0.25) is 0 Å². The van der Waals surface area contributed by atoms with Crippen LogP contribution < -0.4 is 0 Å². The first-order valence-corrected chi connectivity index (χ1v) is 7.24. The third-order valence-electron chi connectivity index (χ3n) is 3.13. The monoisotopic (exact) mass is 314 g/mol. The Bertz CT molecular complexity index is 766. The molecule has 3 rings (SSSR count). The molecule has 0 amide bonds. The summed E-state index contributed by atoms with van der Waals surface area (Å²) in [6, 6.07) is 15.2. The number of aryl methyl sites for hydroxylation is 1.